The Bertz CT molecular complexity index is 255. The standard InChI is InChI=1S/C12H17S/c1-2-13-9-8-12(10-13)11-6-4-3-5-7-11/h3-7,12H,2,8-10H2,1H3/q+1. The summed E-state index contributed by atoms with van der Waals surface area (Å²) >= 11 is 0. The van der Waals surface area contributed by atoms with Crippen molar-refractivity contribution in [2.24, 2.45) is 0 Å². The Balaban J connectivity index is 2.04. The monoisotopic (exact) mass is 193 g/mol. The molecule has 0 amide bonds. The molecule has 1 aromatic carbocycles. The molecule has 70 valence electrons. The third kappa shape index (κ3) is 2.08. The van der Waals surface area contributed by atoms with Gasteiger partial charge in [-0.3, -0.25) is 0 Å². The van der Waals surface area contributed by atoms with E-state index in [0.717, 1.165) is 16.8 Å². The highest BCUT2D eigenvalue weighted by Crippen LogP contribution is 2.29. The Morgan fingerprint density at radius 1 is 1.31 bits per heavy atom. The summed E-state index contributed by atoms with van der Waals surface area (Å²) < 4.78 is 0. The van der Waals surface area contributed by atoms with E-state index in [1.807, 2.05) is 0 Å². The van der Waals surface area contributed by atoms with Gasteiger partial charge in [-0.05, 0) is 23.4 Å². The lowest BCUT2D eigenvalue weighted by Crippen LogP contribution is -2.07. The van der Waals surface area contributed by atoms with E-state index in [9.17, 15) is 0 Å². The van der Waals surface area contributed by atoms with Crippen LogP contribution in [0.25, 0.3) is 0 Å². The Labute approximate surface area is 83.7 Å². The fourth-order valence-corrected chi connectivity index (χ4v) is 4.25. The second kappa shape index (κ2) is 4.19. The minimum Gasteiger partial charge on any atom is -0.0622 e. The zero-order valence-electron chi connectivity index (χ0n) is 8.20. The summed E-state index contributed by atoms with van der Waals surface area (Å²) in [5.74, 6) is 5.17. The van der Waals surface area contributed by atoms with Gasteiger partial charge in [-0.15, -0.1) is 0 Å². The van der Waals surface area contributed by atoms with Crippen molar-refractivity contribution in [1.82, 2.24) is 0 Å². The highest BCUT2D eigenvalue weighted by Gasteiger charge is 2.31. The summed E-state index contributed by atoms with van der Waals surface area (Å²) in [6, 6.07) is 11.0. The van der Waals surface area contributed by atoms with Gasteiger partial charge in [-0.2, -0.15) is 0 Å². The molecule has 0 saturated carbocycles. The Kier molecular flexibility index (Phi) is 2.94. The number of hydrogen-bond acceptors (Lipinski definition) is 0. The van der Waals surface area contributed by atoms with Crippen molar-refractivity contribution in [2.75, 3.05) is 17.3 Å². The van der Waals surface area contributed by atoms with E-state index in [4.69, 9.17) is 0 Å². The molecule has 1 aliphatic rings. The molecular weight excluding hydrogens is 176 g/mol. The van der Waals surface area contributed by atoms with Crippen LogP contribution in [-0.4, -0.2) is 17.3 Å². The maximum Gasteiger partial charge on any atom is 0.115 e. The first kappa shape index (κ1) is 9.14. The Hall–Kier alpha value is -0.430. The Morgan fingerprint density at radius 2 is 2.08 bits per heavy atom. The molecule has 2 atom stereocenters. The summed E-state index contributed by atoms with van der Waals surface area (Å²) in [5, 5.41) is 0. The van der Waals surface area contributed by atoms with Crippen LogP contribution in [0.2, 0.25) is 0 Å². The molecule has 2 unspecified atom stereocenters. The lowest BCUT2D eigenvalue weighted by molar-refractivity contribution is 0.782. The molecule has 0 bridgehead atoms. The molecule has 0 spiro atoms. The predicted octanol–water partition coefficient (Wildman–Crippen LogP) is 2.81. The van der Waals surface area contributed by atoms with Crippen LogP contribution in [0.15, 0.2) is 30.3 Å². The van der Waals surface area contributed by atoms with Crippen LogP contribution in [0.1, 0.15) is 24.8 Å². The third-order valence-electron chi connectivity index (χ3n) is 2.87. The molecule has 1 heterocycles. The van der Waals surface area contributed by atoms with Crippen LogP contribution < -0.4 is 0 Å². The molecular formula is C12H17S+. The highest BCUT2D eigenvalue weighted by molar-refractivity contribution is 7.97. The van der Waals surface area contributed by atoms with E-state index in [1.54, 1.807) is 5.56 Å². The van der Waals surface area contributed by atoms with Crippen molar-refractivity contribution < 1.29 is 0 Å². The molecule has 1 aliphatic heterocycles. The second-order valence-corrected chi connectivity index (χ2v) is 6.21. The minimum atomic E-state index is 0.735. The van der Waals surface area contributed by atoms with Crippen LogP contribution in [0.3, 0.4) is 0 Å². The maximum atomic E-state index is 2.33. The molecule has 2 rings (SSSR count). The molecule has 0 aliphatic carbocycles. The molecule has 0 nitrogen and oxygen atoms in total. The Morgan fingerprint density at radius 3 is 2.69 bits per heavy atom. The van der Waals surface area contributed by atoms with Crippen LogP contribution in [0, 0.1) is 0 Å². The summed E-state index contributed by atoms with van der Waals surface area (Å²) in [7, 11) is 0.735. The van der Waals surface area contributed by atoms with Gasteiger partial charge in [-0.25, -0.2) is 0 Å². The molecule has 13 heavy (non-hydrogen) atoms. The van der Waals surface area contributed by atoms with Gasteiger partial charge >= 0.3 is 0 Å². The normalized spacial score (nSPS) is 27.8. The molecule has 1 fully saturated rings. The first-order valence-electron chi connectivity index (χ1n) is 5.09. The lowest BCUT2D eigenvalue weighted by atomic mass is 9.99. The highest BCUT2D eigenvalue weighted by atomic mass is 32.2. The van der Waals surface area contributed by atoms with Gasteiger partial charge in [0.25, 0.3) is 0 Å². The SMILES string of the molecule is CC[S+]1CCC(c2ccccc2)C1. The average Bonchev–Trinajstić information content (AvgIpc) is 2.67. The van der Waals surface area contributed by atoms with E-state index in [1.165, 1.54) is 23.7 Å². The van der Waals surface area contributed by atoms with Gasteiger partial charge in [-0.1, -0.05) is 30.3 Å². The quantitative estimate of drug-likeness (QED) is 0.634. The summed E-state index contributed by atoms with van der Waals surface area (Å²) in [6.07, 6.45) is 1.42. The van der Waals surface area contributed by atoms with Crippen molar-refractivity contribution in [2.45, 2.75) is 19.3 Å². The van der Waals surface area contributed by atoms with Crippen LogP contribution in [0.5, 0.6) is 0 Å². The van der Waals surface area contributed by atoms with Gasteiger partial charge in [0.1, 0.15) is 17.3 Å². The largest absolute Gasteiger partial charge is 0.115 e. The van der Waals surface area contributed by atoms with E-state index < -0.39 is 0 Å². The van der Waals surface area contributed by atoms with Crippen molar-refractivity contribution >= 4 is 10.9 Å². The fraction of sp³-hybridized carbons (Fsp3) is 0.500. The van der Waals surface area contributed by atoms with E-state index in [-0.39, 0.29) is 0 Å². The third-order valence-corrected chi connectivity index (χ3v) is 5.37. The smallest absolute Gasteiger partial charge is 0.0622 e. The van der Waals surface area contributed by atoms with Gasteiger partial charge in [0.15, 0.2) is 0 Å². The van der Waals surface area contributed by atoms with E-state index in [2.05, 4.69) is 37.3 Å². The van der Waals surface area contributed by atoms with Gasteiger partial charge < -0.3 is 0 Å². The van der Waals surface area contributed by atoms with Crippen molar-refractivity contribution in [1.29, 1.82) is 0 Å². The minimum absolute atomic E-state index is 0.735. The number of hydrogen-bond donors (Lipinski definition) is 0. The van der Waals surface area contributed by atoms with Gasteiger partial charge in [0, 0.05) is 12.3 Å². The topological polar surface area (TPSA) is 0 Å². The molecule has 1 aromatic rings. The predicted molar refractivity (Wildman–Crippen MR) is 61.4 cm³/mol. The first-order valence-corrected chi connectivity index (χ1v) is 6.82. The summed E-state index contributed by atoms with van der Waals surface area (Å²) in [6.45, 7) is 2.33. The van der Waals surface area contributed by atoms with Crippen LogP contribution in [0.4, 0.5) is 0 Å². The first-order chi connectivity index (χ1) is 6.40. The fourth-order valence-electron chi connectivity index (χ4n) is 2.01. The zero-order valence-corrected chi connectivity index (χ0v) is 9.02. The molecule has 0 N–H and O–H groups in total. The zero-order chi connectivity index (χ0) is 9.10. The molecule has 0 aromatic heterocycles. The summed E-state index contributed by atoms with van der Waals surface area (Å²) in [4.78, 5) is 0. The van der Waals surface area contributed by atoms with Crippen LogP contribution in [-0.2, 0) is 10.9 Å². The number of benzene rings is 1. The van der Waals surface area contributed by atoms with E-state index >= 15 is 0 Å². The van der Waals surface area contributed by atoms with Gasteiger partial charge in [0.2, 0.25) is 0 Å². The lowest BCUT2D eigenvalue weighted by Gasteiger charge is -2.04. The van der Waals surface area contributed by atoms with E-state index in [0.29, 0.717) is 0 Å². The maximum absolute atomic E-state index is 2.33. The van der Waals surface area contributed by atoms with Crippen molar-refractivity contribution in [3.8, 4) is 0 Å². The number of rotatable bonds is 2. The van der Waals surface area contributed by atoms with Crippen LogP contribution >= 0.6 is 0 Å². The summed E-state index contributed by atoms with van der Waals surface area (Å²) in [5.41, 5.74) is 1.56. The molecule has 1 saturated heterocycles. The molecule has 0 radical (unpaired) electrons. The van der Waals surface area contributed by atoms with Gasteiger partial charge in [0.05, 0.1) is 0 Å². The second-order valence-electron chi connectivity index (χ2n) is 3.67. The average molecular weight is 193 g/mol. The molecule has 1 heteroatoms. The van der Waals surface area contributed by atoms with Crippen molar-refractivity contribution in [3.05, 3.63) is 35.9 Å². The van der Waals surface area contributed by atoms with Crippen molar-refractivity contribution in [3.63, 3.8) is 0 Å².